The Balaban J connectivity index is 2.18. The van der Waals surface area contributed by atoms with Crippen LogP contribution < -0.4 is 5.63 Å². The number of fused-ring (bicyclic) bond motifs is 1. The minimum Gasteiger partial charge on any atom is -0.500 e. The van der Waals surface area contributed by atoms with Crippen molar-refractivity contribution in [3.05, 3.63) is 65.0 Å². The van der Waals surface area contributed by atoms with Gasteiger partial charge in [0, 0.05) is 5.39 Å². The molecular formula is C15H10N2O3. The molecule has 1 heterocycles. The van der Waals surface area contributed by atoms with E-state index in [4.69, 9.17) is 4.42 Å². The maximum atomic E-state index is 11.5. The van der Waals surface area contributed by atoms with Gasteiger partial charge in [-0.2, -0.15) is 5.11 Å². The molecule has 0 saturated carbocycles. The molecule has 3 rings (SSSR count). The van der Waals surface area contributed by atoms with Gasteiger partial charge >= 0.3 is 5.63 Å². The Bertz CT molecular complexity index is 839. The Labute approximate surface area is 113 Å². The van der Waals surface area contributed by atoms with E-state index in [0.717, 1.165) is 0 Å². The molecule has 3 aromatic rings. The van der Waals surface area contributed by atoms with Crippen LogP contribution in [0.25, 0.3) is 11.0 Å². The van der Waals surface area contributed by atoms with E-state index in [1.165, 1.54) is 0 Å². The first-order valence-corrected chi connectivity index (χ1v) is 5.97. The number of hydrogen-bond acceptors (Lipinski definition) is 5. The van der Waals surface area contributed by atoms with Crippen LogP contribution in [-0.2, 0) is 0 Å². The molecular weight excluding hydrogens is 256 g/mol. The molecule has 0 aliphatic heterocycles. The van der Waals surface area contributed by atoms with Crippen LogP contribution in [0.4, 0.5) is 11.4 Å². The van der Waals surface area contributed by atoms with Crippen LogP contribution in [0.3, 0.4) is 0 Å². The van der Waals surface area contributed by atoms with Crippen molar-refractivity contribution in [1.82, 2.24) is 0 Å². The molecule has 1 N–H and O–H groups in total. The predicted molar refractivity (Wildman–Crippen MR) is 74.8 cm³/mol. The van der Waals surface area contributed by atoms with E-state index in [1.54, 1.807) is 36.4 Å². The van der Waals surface area contributed by atoms with Crippen molar-refractivity contribution in [3.63, 3.8) is 0 Å². The molecule has 0 saturated heterocycles. The van der Waals surface area contributed by atoms with Gasteiger partial charge < -0.3 is 9.52 Å². The summed E-state index contributed by atoms with van der Waals surface area (Å²) >= 11 is 0. The third-order valence-corrected chi connectivity index (χ3v) is 2.78. The first kappa shape index (κ1) is 12.1. The molecule has 2 aromatic carbocycles. The van der Waals surface area contributed by atoms with E-state index in [0.29, 0.717) is 16.7 Å². The Kier molecular flexibility index (Phi) is 3.01. The minimum atomic E-state index is -0.828. The molecule has 5 heteroatoms. The predicted octanol–water partition coefficient (Wildman–Crippen LogP) is 3.91. The summed E-state index contributed by atoms with van der Waals surface area (Å²) in [6, 6.07) is 15.9. The molecule has 0 aliphatic rings. The summed E-state index contributed by atoms with van der Waals surface area (Å²) in [5.74, 6) is -0.539. The van der Waals surface area contributed by atoms with Crippen LogP contribution in [0, 0.1) is 0 Å². The van der Waals surface area contributed by atoms with E-state index in [-0.39, 0.29) is 5.69 Å². The lowest BCUT2D eigenvalue weighted by molar-refractivity contribution is 0.429. The fourth-order valence-electron chi connectivity index (χ4n) is 1.83. The number of para-hydroxylation sites is 1. The Hall–Kier alpha value is -2.95. The molecule has 1 aromatic heterocycles. The van der Waals surface area contributed by atoms with Crippen molar-refractivity contribution >= 4 is 22.3 Å². The molecule has 0 atom stereocenters. The van der Waals surface area contributed by atoms with Crippen molar-refractivity contribution in [3.8, 4) is 5.75 Å². The van der Waals surface area contributed by atoms with E-state index < -0.39 is 11.4 Å². The van der Waals surface area contributed by atoms with Crippen molar-refractivity contribution in [2.24, 2.45) is 10.2 Å². The van der Waals surface area contributed by atoms with Crippen molar-refractivity contribution in [2.75, 3.05) is 0 Å². The topological polar surface area (TPSA) is 75.2 Å². The lowest BCUT2D eigenvalue weighted by Gasteiger charge is -2.01. The summed E-state index contributed by atoms with van der Waals surface area (Å²) < 4.78 is 4.98. The normalized spacial score (nSPS) is 11.2. The quantitative estimate of drug-likeness (QED) is 0.564. The molecule has 98 valence electrons. The minimum absolute atomic E-state index is 0.112. The molecule has 0 unspecified atom stereocenters. The summed E-state index contributed by atoms with van der Waals surface area (Å²) in [7, 11) is 0. The first-order chi connectivity index (χ1) is 9.75. The summed E-state index contributed by atoms with van der Waals surface area (Å²) in [6.45, 7) is 0. The molecule has 20 heavy (non-hydrogen) atoms. The Morgan fingerprint density at radius 2 is 1.60 bits per heavy atom. The van der Waals surface area contributed by atoms with Crippen molar-refractivity contribution in [1.29, 1.82) is 0 Å². The number of benzene rings is 2. The third-order valence-electron chi connectivity index (χ3n) is 2.78. The Morgan fingerprint density at radius 1 is 0.900 bits per heavy atom. The second kappa shape index (κ2) is 4.97. The van der Waals surface area contributed by atoms with Crippen LogP contribution in [0.1, 0.15) is 0 Å². The van der Waals surface area contributed by atoms with Crippen LogP contribution in [0.15, 0.2) is 74.0 Å². The highest BCUT2D eigenvalue weighted by atomic mass is 16.4. The number of nitrogens with zero attached hydrogens (tertiary/aromatic N) is 2. The van der Waals surface area contributed by atoms with Gasteiger partial charge in [0.05, 0.1) is 5.69 Å². The average Bonchev–Trinajstić information content (AvgIpc) is 2.49. The second-order valence-electron chi connectivity index (χ2n) is 4.12. The maximum Gasteiger partial charge on any atom is 0.381 e. The third kappa shape index (κ3) is 2.16. The smallest absolute Gasteiger partial charge is 0.381 e. The van der Waals surface area contributed by atoms with Gasteiger partial charge in [0.1, 0.15) is 11.3 Å². The first-order valence-electron chi connectivity index (χ1n) is 5.97. The highest BCUT2D eigenvalue weighted by Gasteiger charge is 2.12. The van der Waals surface area contributed by atoms with Gasteiger partial charge in [-0.1, -0.05) is 30.3 Å². The Morgan fingerprint density at radius 3 is 2.40 bits per heavy atom. The molecule has 0 amide bonds. The largest absolute Gasteiger partial charge is 0.500 e. The SMILES string of the molecule is O=c1oc2ccccc2c(N=Nc2ccccc2)c1O. The van der Waals surface area contributed by atoms with Crippen LogP contribution in [0.5, 0.6) is 5.75 Å². The van der Waals surface area contributed by atoms with Gasteiger partial charge in [0.25, 0.3) is 0 Å². The zero-order chi connectivity index (χ0) is 13.9. The molecule has 0 spiro atoms. The number of aromatic hydroxyl groups is 1. The lowest BCUT2D eigenvalue weighted by Crippen LogP contribution is -1.97. The van der Waals surface area contributed by atoms with Gasteiger partial charge in [-0.15, -0.1) is 5.11 Å². The fourth-order valence-corrected chi connectivity index (χ4v) is 1.83. The van der Waals surface area contributed by atoms with Crippen LogP contribution in [-0.4, -0.2) is 5.11 Å². The zero-order valence-corrected chi connectivity index (χ0v) is 10.4. The molecule has 0 fully saturated rings. The van der Waals surface area contributed by atoms with E-state index >= 15 is 0 Å². The summed E-state index contributed by atoms with van der Waals surface area (Å²) in [4.78, 5) is 11.5. The number of azo groups is 1. The van der Waals surface area contributed by atoms with Crippen molar-refractivity contribution < 1.29 is 9.52 Å². The second-order valence-corrected chi connectivity index (χ2v) is 4.12. The number of hydrogen-bond donors (Lipinski definition) is 1. The molecule has 0 radical (unpaired) electrons. The van der Waals surface area contributed by atoms with E-state index in [1.807, 2.05) is 18.2 Å². The lowest BCUT2D eigenvalue weighted by atomic mass is 10.2. The standard InChI is InChI=1S/C15H10N2O3/c18-14-13(17-16-10-6-2-1-3-7-10)11-8-4-5-9-12(11)20-15(14)19/h1-9,18H. The van der Waals surface area contributed by atoms with Gasteiger partial charge in [0.15, 0.2) is 0 Å². The van der Waals surface area contributed by atoms with Crippen LogP contribution in [0.2, 0.25) is 0 Å². The molecule has 5 nitrogen and oxygen atoms in total. The zero-order valence-electron chi connectivity index (χ0n) is 10.4. The summed E-state index contributed by atoms with van der Waals surface area (Å²) in [6.07, 6.45) is 0. The van der Waals surface area contributed by atoms with Gasteiger partial charge in [-0.05, 0) is 24.3 Å². The van der Waals surface area contributed by atoms with Crippen molar-refractivity contribution in [2.45, 2.75) is 0 Å². The molecule has 0 aliphatic carbocycles. The van der Waals surface area contributed by atoms with Crippen LogP contribution >= 0.6 is 0 Å². The number of rotatable bonds is 2. The fraction of sp³-hybridized carbons (Fsp3) is 0. The van der Waals surface area contributed by atoms with Gasteiger partial charge in [-0.25, -0.2) is 4.79 Å². The maximum absolute atomic E-state index is 11.5. The summed E-state index contributed by atoms with van der Waals surface area (Å²) in [5, 5.41) is 18.3. The van der Waals surface area contributed by atoms with E-state index in [9.17, 15) is 9.90 Å². The highest BCUT2D eigenvalue weighted by molar-refractivity contribution is 5.90. The summed E-state index contributed by atoms with van der Waals surface area (Å²) in [5.41, 5.74) is 0.271. The van der Waals surface area contributed by atoms with E-state index in [2.05, 4.69) is 10.2 Å². The van der Waals surface area contributed by atoms with Gasteiger partial charge in [-0.3, -0.25) is 0 Å². The molecule has 0 bridgehead atoms. The average molecular weight is 266 g/mol. The highest BCUT2D eigenvalue weighted by Crippen LogP contribution is 2.33. The van der Waals surface area contributed by atoms with Gasteiger partial charge in [0.2, 0.25) is 5.75 Å². The monoisotopic (exact) mass is 266 g/mol.